The highest BCUT2D eigenvalue weighted by molar-refractivity contribution is 5.82. The molecule has 0 aliphatic carbocycles. The molecule has 30 heavy (non-hydrogen) atoms. The van der Waals surface area contributed by atoms with Crippen molar-refractivity contribution >= 4 is 34.1 Å². The van der Waals surface area contributed by atoms with E-state index in [1.807, 2.05) is 60.7 Å². The van der Waals surface area contributed by atoms with Gasteiger partial charge < -0.3 is 17.7 Å². The number of benzene rings is 2. The fourth-order valence-corrected chi connectivity index (χ4v) is 3.12. The van der Waals surface area contributed by atoms with E-state index in [9.17, 15) is 0 Å². The average molecular weight is 396 g/mol. The van der Waals surface area contributed by atoms with Crippen LogP contribution in [0.5, 0.6) is 0 Å². The highest BCUT2D eigenvalue weighted by atomic mass is 16.4. The van der Waals surface area contributed by atoms with Crippen LogP contribution in [0.1, 0.15) is 11.8 Å². The quantitative estimate of drug-likeness (QED) is 0.387. The molecule has 6 rings (SSSR count). The maximum atomic E-state index is 5.74. The lowest BCUT2D eigenvalue weighted by Gasteiger charge is -1.86. The third kappa shape index (κ3) is 2.87. The Bertz CT molecular complexity index is 1340. The van der Waals surface area contributed by atoms with Crippen molar-refractivity contribution in [2.24, 2.45) is 0 Å². The fourth-order valence-electron chi connectivity index (χ4n) is 3.12. The second-order valence-electron chi connectivity index (χ2n) is 6.52. The lowest BCUT2D eigenvalue weighted by molar-refractivity contribution is 0.521. The third-order valence-corrected chi connectivity index (χ3v) is 4.52. The first-order valence-corrected chi connectivity index (χ1v) is 9.15. The van der Waals surface area contributed by atoms with Gasteiger partial charge in [0.05, 0.1) is 0 Å². The standard InChI is InChI=1S/C22H12N4O4/c1-3-7-15-13(5-1)11-17(27-15)21-25-23-19(29-21)9-10-20-24-26-22(30-20)18-12-14-6-2-4-8-16(14)28-18/h1-12H. The third-order valence-electron chi connectivity index (χ3n) is 4.52. The number of hydrogen-bond acceptors (Lipinski definition) is 8. The molecule has 0 saturated carbocycles. The molecule has 0 unspecified atom stereocenters. The minimum atomic E-state index is 0.286. The molecule has 144 valence electrons. The van der Waals surface area contributed by atoms with E-state index in [0.717, 1.165) is 21.9 Å². The van der Waals surface area contributed by atoms with Gasteiger partial charge in [-0.2, -0.15) is 0 Å². The van der Waals surface area contributed by atoms with Crippen LogP contribution >= 0.6 is 0 Å². The molecular weight excluding hydrogens is 384 g/mol. The molecule has 8 heteroatoms. The summed E-state index contributed by atoms with van der Waals surface area (Å²) in [7, 11) is 0. The molecule has 0 spiro atoms. The minimum absolute atomic E-state index is 0.286. The summed E-state index contributed by atoms with van der Waals surface area (Å²) >= 11 is 0. The van der Waals surface area contributed by atoms with E-state index in [0.29, 0.717) is 23.3 Å². The van der Waals surface area contributed by atoms with Gasteiger partial charge in [-0.1, -0.05) is 36.4 Å². The molecule has 6 aromatic rings. The Kier molecular flexibility index (Phi) is 3.60. The molecular formula is C22H12N4O4. The minimum Gasteiger partial charge on any atom is -0.451 e. The van der Waals surface area contributed by atoms with Crippen LogP contribution < -0.4 is 0 Å². The fraction of sp³-hybridized carbons (Fsp3) is 0. The van der Waals surface area contributed by atoms with Crippen LogP contribution in [0.15, 0.2) is 78.3 Å². The van der Waals surface area contributed by atoms with Crippen molar-refractivity contribution in [2.45, 2.75) is 0 Å². The number of aromatic nitrogens is 4. The van der Waals surface area contributed by atoms with Crippen LogP contribution in [0.25, 0.3) is 57.4 Å². The zero-order valence-corrected chi connectivity index (χ0v) is 15.4. The summed E-state index contributed by atoms with van der Waals surface area (Å²) in [6.07, 6.45) is 3.18. The Morgan fingerprint density at radius 2 is 1.00 bits per heavy atom. The molecule has 8 nitrogen and oxygen atoms in total. The second-order valence-corrected chi connectivity index (χ2v) is 6.52. The van der Waals surface area contributed by atoms with E-state index >= 15 is 0 Å². The molecule has 2 aromatic carbocycles. The van der Waals surface area contributed by atoms with E-state index in [-0.39, 0.29) is 11.8 Å². The number of nitrogens with zero attached hydrogens (tertiary/aromatic N) is 4. The normalized spacial score (nSPS) is 11.9. The SMILES string of the molecule is C(=Cc1nnc(-c2cc3ccccc3o2)o1)c1nnc(-c2cc3ccccc3o2)o1. The van der Waals surface area contributed by atoms with Crippen molar-refractivity contribution in [2.75, 3.05) is 0 Å². The summed E-state index contributed by atoms with van der Waals surface area (Å²) < 4.78 is 22.8. The van der Waals surface area contributed by atoms with Gasteiger partial charge in [-0.25, -0.2) is 0 Å². The first-order valence-electron chi connectivity index (χ1n) is 9.15. The molecule has 0 radical (unpaired) electrons. The van der Waals surface area contributed by atoms with Gasteiger partial charge in [-0.3, -0.25) is 0 Å². The van der Waals surface area contributed by atoms with Crippen molar-refractivity contribution in [1.29, 1.82) is 0 Å². The lowest BCUT2D eigenvalue weighted by Crippen LogP contribution is -1.73. The van der Waals surface area contributed by atoms with E-state index in [2.05, 4.69) is 20.4 Å². The number of para-hydroxylation sites is 2. The highest BCUT2D eigenvalue weighted by Crippen LogP contribution is 2.28. The van der Waals surface area contributed by atoms with Gasteiger partial charge in [0, 0.05) is 22.9 Å². The zero-order valence-electron chi connectivity index (χ0n) is 15.4. The molecule has 0 saturated heterocycles. The van der Waals surface area contributed by atoms with Gasteiger partial charge in [0.1, 0.15) is 11.2 Å². The predicted molar refractivity (Wildman–Crippen MR) is 108 cm³/mol. The lowest BCUT2D eigenvalue weighted by atomic mass is 10.2. The highest BCUT2D eigenvalue weighted by Gasteiger charge is 2.14. The van der Waals surface area contributed by atoms with Crippen LogP contribution in [0.3, 0.4) is 0 Å². The summed E-state index contributed by atoms with van der Waals surface area (Å²) in [5.74, 6) is 2.17. The monoisotopic (exact) mass is 396 g/mol. The summed E-state index contributed by atoms with van der Waals surface area (Å²) in [5.41, 5.74) is 1.51. The van der Waals surface area contributed by atoms with Gasteiger partial charge >= 0.3 is 0 Å². The van der Waals surface area contributed by atoms with Crippen molar-refractivity contribution < 1.29 is 17.7 Å². The smallest absolute Gasteiger partial charge is 0.283 e. The largest absolute Gasteiger partial charge is 0.451 e. The zero-order chi connectivity index (χ0) is 19.9. The van der Waals surface area contributed by atoms with Crippen molar-refractivity contribution in [1.82, 2.24) is 20.4 Å². The van der Waals surface area contributed by atoms with Crippen molar-refractivity contribution in [3.8, 4) is 23.3 Å². The van der Waals surface area contributed by atoms with Gasteiger partial charge in [-0.15, -0.1) is 20.4 Å². The molecule has 0 N–H and O–H groups in total. The van der Waals surface area contributed by atoms with Crippen LogP contribution in [0.2, 0.25) is 0 Å². The molecule has 0 aliphatic heterocycles. The summed E-state index contributed by atoms with van der Waals surface area (Å²) in [5, 5.41) is 18.0. The number of hydrogen-bond donors (Lipinski definition) is 0. The van der Waals surface area contributed by atoms with Gasteiger partial charge in [0.2, 0.25) is 11.8 Å². The Hall–Kier alpha value is -4.46. The van der Waals surface area contributed by atoms with Gasteiger partial charge in [0.25, 0.3) is 11.8 Å². The summed E-state index contributed by atoms with van der Waals surface area (Å²) in [6, 6.07) is 19.1. The van der Waals surface area contributed by atoms with Gasteiger partial charge in [-0.05, 0) is 24.3 Å². The maximum Gasteiger partial charge on any atom is 0.283 e. The van der Waals surface area contributed by atoms with E-state index in [1.54, 1.807) is 12.2 Å². The first-order chi connectivity index (χ1) is 14.8. The van der Waals surface area contributed by atoms with Crippen molar-refractivity contribution in [3.63, 3.8) is 0 Å². The molecule has 0 amide bonds. The van der Waals surface area contributed by atoms with E-state index < -0.39 is 0 Å². The van der Waals surface area contributed by atoms with Crippen molar-refractivity contribution in [3.05, 3.63) is 72.4 Å². The number of furan rings is 2. The summed E-state index contributed by atoms with van der Waals surface area (Å²) in [6.45, 7) is 0. The Morgan fingerprint density at radius 1 is 0.533 bits per heavy atom. The predicted octanol–water partition coefficient (Wildman–Crippen LogP) is 5.45. The average Bonchev–Trinajstić information content (AvgIpc) is 3.56. The number of rotatable bonds is 4. The Labute approximate surface area is 168 Å². The van der Waals surface area contributed by atoms with Gasteiger partial charge in [0.15, 0.2) is 11.5 Å². The van der Waals surface area contributed by atoms with Crippen LogP contribution in [-0.4, -0.2) is 20.4 Å². The van der Waals surface area contributed by atoms with Crippen LogP contribution in [-0.2, 0) is 0 Å². The summed E-state index contributed by atoms with van der Waals surface area (Å²) in [4.78, 5) is 0. The van der Waals surface area contributed by atoms with Crippen LogP contribution in [0.4, 0.5) is 0 Å². The number of fused-ring (bicyclic) bond motifs is 2. The van der Waals surface area contributed by atoms with Crippen LogP contribution in [0, 0.1) is 0 Å². The first kappa shape index (κ1) is 16.5. The Balaban J connectivity index is 1.23. The molecule has 0 fully saturated rings. The second kappa shape index (κ2) is 6.56. The Morgan fingerprint density at radius 3 is 1.47 bits per heavy atom. The molecule has 4 heterocycles. The van der Waals surface area contributed by atoms with E-state index in [4.69, 9.17) is 17.7 Å². The van der Waals surface area contributed by atoms with E-state index in [1.165, 1.54) is 0 Å². The maximum absolute atomic E-state index is 5.74. The molecule has 0 atom stereocenters. The molecule has 0 bridgehead atoms. The molecule has 0 aliphatic rings. The topological polar surface area (TPSA) is 104 Å². The molecule has 4 aromatic heterocycles.